The van der Waals surface area contributed by atoms with Gasteiger partial charge in [-0.15, -0.1) is 0 Å². The van der Waals surface area contributed by atoms with Crippen molar-refractivity contribution in [2.24, 2.45) is 0 Å². The first-order valence-electron chi connectivity index (χ1n) is 8.18. The molecule has 2 heterocycles. The Morgan fingerprint density at radius 2 is 2.00 bits per heavy atom. The van der Waals surface area contributed by atoms with Gasteiger partial charge in [0.2, 0.25) is 0 Å². The quantitative estimate of drug-likeness (QED) is 0.869. The number of amides is 1. The summed E-state index contributed by atoms with van der Waals surface area (Å²) >= 11 is 0. The van der Waals surface area contributed by atoms with E-state index in [2.05, 4.69) is 11.9 Å². The van der Waals surface area contributed by atoms with Crippen LogP contribution in [0, 0.1) is 13.8 Å². The minimum atomic E-state index is -0.396. The number of ether oxygens (including phenoxy) is 1. The van der Waals surface area contributed by atoms with Crippen LogP contribution in [0.2, 0.25) is 0 Å². The number of piperidine rings is 1. The van der Waals surface area contributed by atoms with E-state index in [1.807, 2.05) is 18.7 Å². The van der Waals surface area contributed by atoms with Gasteiger partial charge in [0.25, 0.3) is 5.91 Å². The van der Waals surface area contributed by atoms with E-state index < -0.39 is 5.97 Å². The molecule has 0 aliphatic carbocycles. The van der Waals surface area contributed by atoms with Gasteiger partial charge < -0.3 is 14.6 Å². The van der Waals surface area contributed by atoms with Crippen molar-refractivity contribution in [3.05, 3.63) is 22.5 Å². The summed E-state index contributed by atoms with van der Waals surface area (Å²) in [7, 11) is 0. The lowest BCUT2D eigenvalue weighted by molar-refractivity contribution is 0.0519. The van der Waals surface area contributed by atoms with Crippen LogP contribution < -0.4 is 0 Å². The molecule has 1 atom stereocenters. The van der Waals surface area contributed by atoms with Gasteiger partial charge in [-0.3, -0.25) is 4.79 Å². The topological polar surface area (TPSA) is 62.4 Å². The molecule has 0 saturated carbocycles. The molecule has 5 nitrogen and oxygen atoms in total. The van der Waals surface area contributed by atoms with Gasteiger partial charge >= 0.3 is 5.97 Å². The maximum absolute atomic E-state index is 13.0. The summed E-state index contributed by atoms with van der Waals surface area (Å²) in [5, 5.41) is 0. The highest BCUT2D eigenvalue weighted by atomic mass is 16.5. The largest absolute Gasteiger partial charge is 0.461 e. The number of nitrogens with zero attached hydrogens (tertiary/aromatic N) is 1. The fourth-order valence-electron chi connectivity index (χ4n) is 3.31. The molecule has 1 saturated heterocycles. The molecule has 1 amide bonds. The van der Waals surface area contributed by atoms with E-state index in [0.29, 0.717) is 29.5 Å². The molecule has 1 unspecified atom stereocenters. The maximum atomic E-state index is 13.0. The number of carbonyl (C=O) groups is 2. The molecule has 1 aliphatic rings. The molecule has 122 valence electrons. The zero-order valence-electron chi connectivity index (χ0n) is 14.0. The van der Waals surface area contributed by atoms with E-state index >= 15 is 0 Å². The molecule has 0 radical (unpaired) electrons. The summed E-state index contributed by atoms with van der Waals surface area (Å²) in [6.45, 7) is 8.67. The smallest absolute Gasteiger partial charge is 0.355 e. The Labute approximate surface area is 132 Å². The highest BCUT2D eigenvalue weighted by Gasteiger charge is 2.30. The lowest BCUT2D eigenvalue weighted by atomic mass is 9.98. The predicted molar refractivity (Wildman–Crippen MR) is 85.2 cm³/mol. The van der Waals surface area contributed by atoms with E-state index in [0.717, 1.165) is 31.5 Å². The Kier molecular flexibility index (Phi) is 5.27. The summed E-state index contributed by atoms with van der Waals surface area (Å²) in [6.07, 6.45) is 4.27. The van der Waals surface area contributed by atoms with Crippen molar-refractivity contribution in [3.8, 4) is 0 Å². The minimum Gasteiger partial charge on any atom is -0.461 e. The van der Waals surface area contributed by atoms with Crippen LogP contribution in [0.5, 0.6) is 0 Å². The molecule has 0 aromatic carbocycles. The van der Waals surface area contributed by atoms with Gasteiger partial charge in [-0.25, -0.2) is 4.79 Å². The van der Waals surface area contributed by atoms with Crippen molar-refractivity contribution >= 4 is 11.9 Å². The molecule has 5 heteroatoms. The van der Waals surface area contributed by atoms with Crippen LogP contribution in [0.1, 0.15) is 71.6 Å². The van der Waals surface area contributed by atoms with Gasteiger partial charge in [0, 0.05) is 18.3 Å². The van der Waals surface area contributed by atoms with Crippen LogP contribution in [0.25, 0.3) is 0 Å². The summed E-state index contributed by atoms with van der Waals surface area (Å²) < 4.78 is 5.05. The SMILES string of the molecule is CCOC(=O)c1[nH]c(C)c(C(=O)N2CCCCC2CC)c1C. The van der Waals surface area contributed by atoms with Crippen LogP contribution in [0.15, 0.2) is 0 Å². The van der Waals surface area contributed by atoms with E-state index in [9.17, 15) is 9.59 Å². The maximum Gasteiger partial charge on any atom is 0.355 e. The number of aromatic amines is 1. The second-order valence-corrected chi connectivity index (χ2v) is 5.90. The summed E-state index contributed by atoms with van der Waals surface area (Å²) in [5.74, 6) is -0.360. The third-order valence-corrected chi connectivity index (χ3v) is 4.49. The van der Waals surface area contributed by atoms with Gasteiger partial charge in [-0.2, -0.15) is 0 Å². The molecule has 1 N–H and O–H groups in total. The number of esters is 1. The first kappa shape index (κ1) is 16.6. The van der Waals surface area contributed by atoms with Crippen LogP contribution in [-0.4, -0.2) is 41.0 Å². The first-order chi connectivity index (χ1) is 10.5. The average molecular weight is 306 g/mol. The van der Waals surface area contributed by atoms with E-state index in [-0.39, 0.29) is 5.91 Å². The zero-order chi connectivity index (χ0) is 16.3. The van der Waals surface area contributed by atoms with Crippen molar-refractivity contribution in [1.82, 2.24) is 9.88 Å². The highest BCUT2D eigenvalue weighted by molar-refractivity contribution is 6.01. The van der Waals surface area contributed by atoms with Gasteiger partial charge in [0.05, 0.1) is 12.2 Å². The minimum absolute atomic E-state index is 0.0355. The number of carbonyl (C=O) groups excluding carboxylic acids is 2. The van der Waals surface area contributed by atoms with Crippen molar-refractivity contribution in [2.75, 3.05) is 13.2 Å². The van der Waals surface area contributed by atoms with Gasteiger partial charge in [-0.1, -0.05) is 6.92 Å². The number of aryl methyl sites for hydroxylation is 1. The third-order valence-electron chi connectivity index (χ3n) is 4.49. The molecular formula is C17H26N2O3. The highest BCUT2D eigenvalue weighted by Crippen LogP contribution is 2.26. The molecule has 1 aromatic rings. The van der Waals surface area contributed by atoms with Crippen molar-refractivity contribution in [2.45, 2.75) is 59.4 Å². The number of aromatic nitrogens is 1. The lowest BCUT2D eigenvalue weighted by Gasteiger charge is -2.35. The Balaban J connectivity index is 2.31. The van der Waals surface area contributed by atoms with E-state index in [1.54, 1.807) is 6.92 Å². The second kappa shape index (κ2) is 6.99. The molecule has 22 heavy (non-hydrogen) atoms. The third kappa shape index (κ3) is 3.03. The molecule has 2 rings (SSSR count). The van der Waals surface area contributed by atoms with Gasteiger partial charge in [0.1, 0.15) is 5.69 Å². The van der Waals surface area contributed by atoms with Crippen LogP contribution in [0.4, 0.5) is 0 Å². The Bertz CT molecular complexity index is 562. The molecule has 1 aromatic heterocycles. The lowest BCUT2D eigenvalue weighted by Crippen LogP contribution is -2.43. The molecule has 1 aliphatic heterocycles. The first-order valence-corrected chi connectivity index (χ1v) is 8.18. The number of hydrogen-bond acceptors (Lipinski definition) is 3. The summed E-state index contributed by atoms with van der Waals surface area (Å²) in [5.41, 5.74) is 2.46. The predicted octanol–water partition coefficient (Wildman–Crippen LogP) is 3.21. The Morgan fingerprint density at radius 3 is 2.64 bits per heavy atom. The normalized spacial score (nSPS) is 18.4. The van der Waals surface area contributed by atoms with E-state index in [1.165, 1.54) is 6.42 Å². The summed E-state index contributed by atoms with van der Waals surface area (Å²) in [6, 6.07) is 0.306. The summed E-state index contributed by atoms with van der Waals surface area (Å²) in [4.78, 5) is 29.9. The fourth-order valence-corrected chi connectivity index (χ4v) is 3.31. The van der Waals surface area contributed by atoms with Crippen LogP contribution in [0.3, 0.4) is 0 Å². The van der Waals surface area contributed by atoms with Crippen molar-refractivity contribution in [1.29, 1.82) is 0 Å². The monoisotopic (exact) mass is 306 g/mol. The Hall–Kier alpha value is -1.78. The average Bonchev–Trinajstić information content (AvgIpc) is 2.81. The fraction of sp³-hybridized carbons (Fsp3) is 0.647. The number of H-pyrrole nitrogens is 1. The standard InChI is InChI=1S/C17H26N2O3/c1-5-13-9-7-8-10-19(13)16(20)14-11(3)15(18-12(14)4)17(21)22-6-2/h13,18H,5-10H2,1-4H3. The zero-order valence-corrected chi connectivity index (χ0v) is 14.0. The van der Waals surface area contributed by atoms with Gasteiger partial charge in [-0.05, 0) is 52.0 Å². The van der Waals surface area contributed by atoms with Crippen LogP contribution >= 0.6 is 0 Å². The number of rotatable bonds is 4. The van der Waals surface area contributed by atoms with Crippen molar-refractivity contribution < 1.29 is 14.3 Å². The number of likely N-dealkylation sites (tertiary alicyclic amines) is 1. The molecular weight excluding hydrogens is 280 g/mol. The molecule has 1 fully saturated rings. The second-order valence-electron chi connectivity index (χ2n) is 5.90. The Morgan fingerprint density at radius 1 is 1.27 bits per heavy atom. The van der Waals surface area contributed by atoms with Gasteiger partial charge in [0.15, 0.2) is 0 Å². The number of nitrogens with one attached hydrogen (secondary N) is 1. The molecule has 0 bridgehead atoms. The van der Waals surface area contributed by atoms with Crippen molar-refractivity contribution in [3.63, 3.8) is 0 Å². The van der Waals surface area contributed by atoms with Crippen LogP contribution in [-0.2, 0) is 4.74 Å². The molecule has 0 spiro atoms. The number of hydrogen-bond donors (Lipinski definition) is 1. The van der Waals surface area contributed by atoms with E-state index in [4.69, 9.17) is 4.74 Å².